The molecule has 17 heavy (non-hydrogen) atoms. The molecule has 1 aromatic rings. The zero-order valence-corrected chi connectivity index (χ0v) is 11.4. The Kier molecular flexibility index (Phi) is 4.43. The summed E-state index contributed by atoms with van der Waals surface area (Å²) in [5, 5.41) is 4.20. The van der Waals surface area contributed by atoms with Gasteiger partial charge in [0.2, 0.25) is 0 Å². The molecule has 2 nitrogen and oxygen atoms in total. The van der Waals surface area contributed by atoms with Crippen LogP contribution in [0.15, 0.2) is 24.3 Å². The van der Waals surface area contributed by atoms with E-state index in [-0.39, 0.29) is 0 Å². The van der Waals surface area contributed by atoms with Crippen molar-refractivity contribution in [1.82, 2.24) is 10.2 Å². The number of benzene rings is 1. The smallest absolute Gasteiger partial charge is 0.0406 e. The third-order valence-electron chi connectivity index (χ3n) is 3.76. The maximum absolute atomic E-state index is 5.92. The van der Waals surface area contributed by atoms with E-state index < -0.39 is 0 Å². The third kappa shape index (κ3) is 3.21. The van der Waals surface area contributed by atoms with Gasteiger partial charge in [0.15, 0.2) is 0 Å². The Hall–Kier alpha value is -0.570. The van der Waals surface area contributed by atoms with E-state index in [0.717, 1.165) is 11.6 Å². The topological polar surface area (TPSA) is 15.3 Å². The van der Waals surface area contributed by atoms with Crippen molar-refractivity contribution in [2.45, 2.75) is 31.8 Å². The molecule has 0 saturated carbocycles. The van der Waals surface area contributed by atoms with Crippen molar-refractivity contribution in [3.05, 3.63) is 34.9 Å². The first-order valence-corrected chi connectivity index (χ1v) is 6.75. The molecule has 3 heteroatoms. The maximum Gasteiger partial charge on any atom is 0.0406 e. The van der Waals surface area contributed by atoms with Gasteiger partial charge in [-0.3, -0.25) is 4.90 Å². The molecule has 1 aliphatic rings. The van der Waals surface area contributed by atoms with Crippen molar-refractivity contribution >= 4 is 11.6 Å². The average molecular weight is 253 g/mol. The van der Waals surface area contributed by atoms with Gasteiger partial charge in [-0.1, -0.05) is 23.7 Å². The molecular weight excluding hydrogens is 232 g/mol. The van der Waals surface area contributed by atoms with Crippen molar-refractivity contribution < 1.29 is 0 Å². The fraction of sp³-hybridized carbons (Fsp3) is 0.571. The highest BCUT2D eigenvalue weighted by molar-refractivity contribution is 6.30. The van der Waals surface area contributed by atoms with E-state index in [1.54, 1.807) is 0 Å². The number of halogens is 1. The second-order valence-corrected chi connectivity index (χ2v) is 5.29. The Balaban J connectivity index is 2.03. The number of nitrogens with one attached hydrogen (secondary N) is 1. The van der Waals surface area contributed by atoms with Crippen molar-refractivity contribution in [2.24, 2.45) is 0 Å². The molecule has 1 saturated heterocycles. The van der Waals surface area contributed by atoms with Crippen LogP contribution >= 0.6 is 11.6 Å². The maximum atomic E-state index is 5.92. The van der Waals surface area contributed by atoms with E-state index in [9.17, 15) is 0 Å². The number of likely N-dealkylation sites (tertiary alicyclic amines) is 1. The van der Waals surface area contributed by atoms with E-state index in [0.29, 0.717) is 12.1 Å². The monoisotopic (exact) mass is 252 g/mol. The van der Waals surface area contributed by atoms with Crippen molar-refractivity contribution in [3.63, 3.8) is 0 Å². The number of hydrogen-bond donors (Lipinski definition) is 1. The Morgan fingerprint density at radius 2 is 2.06 bits per heavy atom. The highest BCUT2D eigenvalue weighted by Crippen LogP contribution is 2.25. The van der Waals surface area contributed by atoms with E-state index >= 15 is 0 Å². The third-order valence-corrected chi connectivity index (χ3v) is 4.01. The van der Waals surface area contributed by atoms with Crippen LogP contribution in [0.4, 0.5) is 0 Å². The molecule has 0 aliphatic carbocycles. The Labute approximate surface area is 109 Å². The molecule has 0 spiro atoms. The van der Waals surface area contributed by atoms with Gasteiger partial charge in [0.1, 0.15) is 0 Å². The highest BCUT2D eigenvalue weighted by Gasteiger charge is 2.23. The van der Waals surface area contributed by atoms with Gasteiger partial charge in [-0.15, -0.1) is 0 Å². The van der Waals surface area contributed by atoms with Crippen molar-refractivity contribution in [1.29, 1.82) is 0 Å². The lowest BCUT2D eigenvalue weighted by Crippen LogP contribution is -2.45. The number of rotatable bonds is 3. The van der Waals surface area contributed by atoms with Gasteiger partial charge in [0.25, 0.3) is 0 Å². The molecule has 1 aliphatic heterocycles. The van der Waals surface area contributed by atoms with Crippen LogP contribution in [0.3, 0.4) is 0 Å². The second kappa shape index (κ2) is 5.85. The highest BCUT2D eigenvalue weighted by atomic mass is 35.5. The zero-order valence-electron chi connectivity index (χ0n) is 10.6. The molecule has 0 bridgehead atoms. The predicted octanol–water partition coefficient (Wildman–Crippen LogP) is 3.08. The summed E-state index contributed by atoms with van der Waals surface area (Å²) in [5.41, 5.74) is 1.35. The lowest BCUT2D eigenvalue weighted by molar-refractivity contribution is 0.149. The molecule has 1 N–H and O–H groups in total. The Bertz CT molecular complexity index is 350. The summed E-state index contributed by atoms with van der Waals surface area (Å²) in [5.74, 6) is 0. The normalized spacial score (nSPS) is 23.6. The minimum atomic E-state index is 0.475. The van der Waals surface area contributed by atoms with Gasteiger partial charge in [-0.25, -0.2) is 0 Å². The first kappa shape index (κ1) is 12.9. The minimum Gasteiger partial charge on any atom is -0.316 e. The fourth-order valence-electron chi connectivity index (χ4n) is 2.55. The average Bonchev–Trinajstić information content (AvgIpc) is 2.39. The zero-order chi connectivity index (χ0) is 12.3. The Morgan fingerprint density at radius 3 is 2.71 bits per heavy atom. The van der Waals surface area contributed by atoms with Gasteiger partial charge >= 0.3 is 0 Å². The van der Waals surface area contributed by atoms with Crippen LogP contribution < -0.4 is 5.32 Å². The number of nitrogens with zero attached hydrogens (tertiary/aromatic N) is 1. The second-order valence-electron chi connectivity index (χ2n) is 4.85. The summed E-state index contributed by atoms with van der Waals surface area (Å²) in [6.45, 7) is 4.61. The molecular formula is C14H21ClN2. The summed E-state index contributed by atoms with van der Waals surface area (Å²) in [6, 6.07) is 9.34. The quantitative estimate of drug-likeness (QED) is 0.890. The van der Waals surface area contributed by atoms with E-state index in [4.69, 9.17) is 11.6 Å². The molecule has 94 valence electrons. The molecule has 2 atom stereocenters. The molecule has 1 fully saturated rings. The number of likely N-dealkylation sites (N-methyl/N-ethyl adjacent to an activating group) is 1. The molecule has 0 radical (unpaired) electrons. The van der Waals surface area contributed by atoms with E-state index in [2.05, 4.69) is 36.3 Å². The van der Waals surface area contributed by atoms with Crippen LogP contribution in [0.25, 0.3) is 0 Å². The first-order chi connectivity index (χ1) is 8.20. The van der Waals surface area contributed by atoms with Crippen LogP contribution in [0.5, 0.6) is 0 Å². The molecule has 2 rings (SSSR count). The molecule has 0 aromatic heterocycles. The van der Waals surface area contributed by atoms with Crippen LogP contribution in [0.2, 0.25) is 5.02 Å². The van der Waals surface area contributed by atoms with Gasteiger partial charge in [-0.2, -0.15) is 0 Å². The summed E-state index contributed by atoms with van der Waals surface area (Å²) in [6.07, 6.45) is 2.57. The van der Waals surface area contributed by atoms with Crippen molar-refractivity contribution in [2.75, 3.05) is 20.1 Å². The summed E-state index contributed by atoms with van der Waals surface area (Å²) < 4.78 is 0. The molecule has 0 amide bonds. The number of piperidine rings is 1. The van der Waals surface area contributed by atoms with Crippen LogP contribution in [-0.4, -0.2) is 31.1 Å². The molecule has 2 unspecified atom stereocenters. The summed E-state index contributed by atoms with van der Waals surface area (Å²) in [4.78, 5) is 2.55. The number of hydrogen-bond acceptors (Lipinski definition) is 2. The van der Waals surface area contributed by atoms with E-state index in [1.165, 1.54) is 24.9 Å². The van der Waals surface area contributed by atoms with Crippen LogP contribution in [0.1, 0.15) is 31.4 Å². The van der Waals surface area contributed by atoms with Crippen LogP contribution in [0, 0.1) is 0 Å². The van der Waals surface area contributed by atoms with Crippen LogP contribution in [-0.2, 0) is 0 Å². The Morgan fingerprint density at radius 1 is 1.35 bits per heavy atom. The van der Waals surface area contributed by atoms with Crippen molar-refractivity contribution in [3.8, 4) is 0 Å². The minimum absolute atomic E-state index is 0.475. The van der Waals surface area contributed by atoms with Gasteiger partial charge in [0.05, 0.1) is 0 Å². The predicted molar refractivity (Wildman–Crippen MR) is 73.5 cm³/mol. The van der Waals surface area contributed by atoms with Gasteiger partial charge in [0, 0.05) is 23.7 Å². The summed E-state index contributed by atoms with van der Waals surface area (Å²) in [7, 11) is 2.06. The van der Waals surface area contributed by atoms with E-state index in [1.807, 2.05) is 12.1 Å². The molecule has 1 heterocycles. The summed E-state index contributed by atoms with van der Waals surface area (Å²) >= 11 is 5.92. The standard InChI is InChI=1S/C14H21ClN2/c1-11(12-5-7-13(15)8-6-12)17-9-3-4-14(10-17)16-2/h5-8,11,14,16H,3-4,9-10H2,1-2H3. The fourth-order valence-corrected chi connectivity index (χ4v) is 2.67. The molecule has 1 aromatic carbocycles. The largest absolute Gasteiger partial charge is 0.316 e. The SMILES string of the molecule is CNC1CCCN(C(C)c2ccc(Cl)cc2)C1. The lowest BCUT2D eigenvalue weighted by atomic mass is 10.0. The lowest BCUT2D eigenvalue weighted by Gasteiger charge is -2.37. The van der Waals surface area contributed by atoms with Gasteiger partial charge < -0.3 is 5.32 Å². The first-order valence-electron chi connectivity index (χ1n) is 6.37. The van der Waals surface area contributed by atoms with Gasteiger partial charge in [-0.05, 0) is 51.1 Å².